The smallest absolute Gasteiger partial charge is 0.335 e. The van der Waals surface area contributed by atoms with E-state index in [4.69, 9.17) is 35.4 Å². The molecule has 1 fully saturated rings. The molecule has 0 aromatic rings. The van der Waals surface area contributed by atoms with Gasteiger partial charge in [0, 0.05) is 6.42 Å². The molecule has 1 aliphatic heterocycles. The molecule has 0 saturated carbocycles. The number of hydrogen-bond donors (Lipinski definition) is 6. The minimum absolute atomic E-state index is 0.0255. The molecule has 1 rings (SSSR count). The summed E-state index contributed by atoms with van der Waals surface area (Å²) in [4.78, 5) is 20.6. The Kier molecular flexibility index (Phi) is 9.84. The molecule has 4 atom stereocenters. The van der Waals surface area contributed by atoms with Gasteiger partial charge in [-0.25, -0.2) is 4.79 Å². The van der Waals surface area contributed by atoms with Crippen LogP contribution in [0.1, 0.15) is 25.7 Å². The lowest BCUT2D eigenvalue weighted by atomic mass is 10.0. The summed E-state index contributed by atoms with van der Waals surface area (Å²) in [5.74, 6) is -1.75. The number of carboxylic acid groups (broad SMARTS) is 1. The predicted molar refractivity (Wildman–Crippen MR) is 68.2 cm³/mol. The first kappa shape index (κ1) is 19.7. The second-order valence-corrected chi connectivity index (χ2v) is 4.55. The van der Waals surface area contributed by atoms with Gasteiger partial charge in [0.05, 0.1) is 13.2 Å². The Hall–Kier alpha value is -1.26. The Bertz CT molecular complexity index is 310. The molecular formula is C12H22O9. The van der Waals surface area contributed by atoms with E-state index < -0.39 is 37.0 Å². The van der Waals surface area contributed by atoms with Gasteiger partial charge >= 0.3 is 11.9 Å². The molecular weight excluding hydrogens is 288 g/mol. The fraction of sp³-hybridized carbons (Fsp3) is 0.833. The third-order valence-electron chi connectivity index (χ3n) is 2.80. The maximum Gasteiger partial charge on any atom is 0.335 e. The summed E-state index contributed by atoms with van der Waals surface area (Å²) < 4.78 is 4.76. The first-order chi connectivity index (χ1) is 9.81. The van der Waals surface area contributed by atoms with Crippen molar-refractivity contribution in [3.63, 3.8) is 0 Å². The normalized spacial score (nSPS) is 20.9. The number of aliphatic carboxylic acids is 1. The van der Waals surface area contributed by atoms with Crippen LogP contribution in [0.4, 0.5) is 0 Å². The summed E-state index contributed by atoms with van der Waals surface area (Å²) in [5, 5.41) is 51.8. The van der Waals surface area contributed by atoms with E-state index in [1.54, 1.807) is 0 Å². The van der Waals surface area contributed by atoms with E-state index in [0.717, 1.165) is 19.3 Å². The highest BCUT2D eigenvalue weighted by Gasteiger charge is 2.33. The summed E-state index contributed by atoms with van der Waals surface area (Å²) in [6, 6.07) is 0. The molecule has 124 valence electrons. The van der Waals surface area contributed by atoms with E-state index in [9.17, 15) is 9.59 Å². The fourth-order valence-corrected chi connectivity index (χ4v) is 1.47. The Labute approximate surface area is 121 Å². The summed E-state index contributed by atoms with van der Waals surface area (Å²) in [6.45, 7) is -0.205. The van der Waals surface area contributed by atoms with Gasteiger partial charge in [0.1, 0.15) is 18.3 Å². The molecule has 0 amide bonds. The summed E-state index contributed by atoms with van der Waals surface area (Å²) in [5.41, 5.74) is 0. The van der Waals surface area contributed by atoms with Crippen LogP contribution in [-0.2, 0) is 14.3 Å². The third kappa shape index (κ3) is 7.93. The van der Waals surface area contributed by atoms with Crippen molar-refractivity contribution in [1.82, 2.24) is 0 Å². The van der Waals surface area contributed by atoms with Crippen molar-refractivity contribution in [3.8, 4) is 0 Å². The molecule has 1 saturated heterocycles. The summed E-state index contributed by atoms with van der Waals surface area (Å²) >= 11 is 0. The number of aliphatic hydroxyl groups excluding tert-OH is 5. The quantitative estimate of drug-likeness (QED) is 0.304. The average molecular weight is 310 g/mol. The largest absolute Gasteiger partial charge is 0.479 e. The maximum absolute atomic E-state index is 10.5. The van der Waals surface area contributed by atoms with Gasteiger partial charge in [0.15, 0.2) is 6.10 Å². The molecule has 0 aromatic carbocycles. The molecule has 0 radical (unpaired) electrons. The molecule has 0 unspecified atom stereocenters. The molecule has 1 heterocycles. The van der Waals surface area contributed by atoms with Crippen LogP contribution in [0.3, 0.4) is 0 Å². The third-order valence-corrected chi connectivity index (χ3v) is 2.80. The first-order valence-corrected chi connectivity index (χ1v) is 6.52. The van der Waals surface area contributed by atoms with Gasteiger partial charge in [0.25, 0.3) is 0 Å². The summed E-state index contributed by atoms with van der Waals surface area (Å²) in [6.07, 6.45) is -4.01. The van der Waals surface area contributed by atoms with Crippen molar-refractivity contribution in [2.75, 3.05) is 13.2 Å². The minimum Gasteiger partial charge on any atom is -0.479 e. The van der Waals surface area contributed by atoms with Crippen LogP contribution in [0.5, 0.6) is 0 Å². The number of ether oxygens (including phenoxy) is 1. The topological polar surface area (TPSA) is 165 Å². The number of carboxylic acids is 1. The first-order valence-electron chi connectivity index (χ1n) is 6.52. The molecule has 6 N–H and O–H groups in total. The lowest BCUT2D eigenvalue weighted by Gasteiger charge is -2.23. The van der Waals surface area contributed by atoms with E-state index in [1.807, 2.05) is 0 Å². The lowest BCUT2D eigenvalue weighted by Crippen LogP contribution is -2.48. The molecule has 0 aliphatic carbocycles. The fourth-order valence-electron chi connectivity index (χ4n) is 1.47. The summed E-state index contributed by atoms with van der Waals surface area (Å²) in [7, 11) is 0. The van der Waals surface area contributed by atoms with Crippen molar-refractivity contribution < 1.29 is 45.0 Å². The molecule has 1 aliphatic rings. The van der Waals surface area contributed by atoms with Crippen molar-refractivity contribution in [2.45, 2.75) is 50.1 Å². The Morgan fingerprint density at radius 2 is 1.71 bits per heavy atom. The van der Waals surface area contributed by atoms with Crippen molar-refractivity contribution in [1.29, 1.82) is 0 Å². The SMILES string of the molecule is O=C(O)[C@H](O)[C@@H](O)[C@H](O)[C@H](O)CO.O=C1CCCCCO1. The lowest BCUT2D eigenvalue weighted by molar-refractivity contribution is -0.164. The van der Waals surface area contributed by atoms with Crippen LogP contribution in [-0.4, -0.2) is 80.2 Å². The van der Waals surface area contributed by atoms with E-state index in [-0.39, 0.29) is 5.97 Å². The zero-order valence-electron chi connectivity index (χ0n) is 11.5. The van der Waals surface area contributed by atoms with Crippen molar-refractivity contribution >= 4 is 11.9 Å². The van der Waals surface area contributed by atoms with E-state index in [1.165, 1.54) is 0 Å². The van der Waals surface area contributed by atoms with Crippen LogP contribution in [0.2, 0.25) is 0 Å². The van der Waals surface area contributed by atoms with Gasteiger partial charge in [-0.1, -0.05) is 0 Å². The van der Waals surface area contributed by atoms with Crippen LogP contribution in [0, 0.1) is 0 Å². The van der Waals surface area contributed by atoms with Gasteiger partial charge < -0.3 is 35.4 Å². The number of esters is 1. The zero-order chi connectivity index (χ0) is 16.4. The second kappa shape index (κ2) is 10.5. The number of cyclic esters (lactones) is 1. The van der Waals surface area contributed by atoms with Gasteiger partial charge in [-0.3, -0.25) is 4.79 Å². The maximum atomic E-state index is 10.5. The Balaban J connectivity index is 0.000000423. The van der Waals surface area contributed by atoms with Crippen LogP contribution < -0.4 is 0 Å². The van der Waals surface area contributed by atoms with Crippen LogP contribution in [0.15, 0.2) is 0 Å². The monoisotopic (exact) mass is 310 g/mol. The number of carbonyl (C=O) groups excluding carboxylic acids is 1. The highest BCUT2D eigenvalue weighted by atomic mass is 16.5. The van der Waals surface area contributed by atoms with E-state index in [2.05, 4.69) is 0 Å². The van der Waals surface area contributed by atoms with Gasteiger partial charge in [0.2, 0.25) is 0 Å². The van der Waals surface area contributed by atoms with Gasteiger partial charge in [-0.2, -0.15) is 0 Å². The van der Waals surface area contributed by atoms with Crippen molar-refractivity contribution in [2.24, 2.45) is 0 Å². The molecule has 9 nitrogen and oxygen atoms in total. The van der Waals surface area contributed by atoms with E-state index in [0.29, 0.717) is 13.0 Å². The highest BCUT2D eigenvalue weighted by molar-refractivity contribution is 5.72. The van der Waals surface area contributed by atoms with Crippen LogP contribution in [0.25, 0.3) is 0 Å². The highest BCUT2D eigenvalue weighted by Crippen LogP contribution is 2.06. The van der Waals surface area contributed by atoms with Gasteiger partial charge in [-0.05, 0) is 19.3 Å². The number of aliphatic hydroxyl groups is 5. The number of rotatable bonds is 5. The molecule has 0 spiro atoms. The molecule has 21 heavy (non-hydrogen) atoms. The number of carbonyl (C=O) groups is 2. The molecule has 0 bridgehead atoms. The predicted octanol–water partition coefficient (Wildman–Crippen LogP) is -2.39. The average Bonchev–Trinajstić information content (AvgIpc) is 2.72. The number of hydrogen-bond acceptors (Lipinski definition) is 8. The van der Waals surface area contributed by atoms with Gasteiger partial charge in [-0.15, -0.1) is 0 Å². The minimum atomic E-state index is -2.20. The molecule has 9 heteroatoms. The van der Waals surface area contributed by atoms with Crippen LogP contribution >= 0.6 is 0 Å². The van der Waals surface area contributed by atoms with Crippen molar-refractivity contribution in [3.05, 3.63) is 0 Å². The molecule has 0 aromatic heterocycles. The second-order valence-electron chi connectivity index (χ2n) is 4.55. The Morgan fingerprint density at radius 3 is 2.24 bits per heavy atom. The van der Waals surface area contributed by atoms with E-state index >= 15 is 0 Å². The zero-order valence-corrected chi connectivity index (χ0v) is 11.5. The Morgan fingerprint density at radius 1 is 1.10 bits per heavy atom. The standard InChI is InChI=1S/C6H12O7.C6H10O2/c7-1-2(8)3(9)4(10)5(11)6(12)13;7-6-4-2-1-3-5-8-6/h2-5,7-11H,1H2,(H,12,13);1-5H2/t2-,3-,4+,5-;/m1./s1.